The van der Waals surface area contributed by atoms with Crippen LogP contribution in [-0.2, 0) is 29.4 Å². The minimum absolute atomic E-state index is 0. The first-order valence-electron chi connectivity index (χ1n) is 12.9. The second-order valence-electron chi connectivity index (χ2n) is 9.31. The highest BCUT2D eigenvalue weighted by atomic mass is 35.5. The van der Waals surface area contributed by atoms with Crippen molar-refractivity contribution in [3.63, 3.8) is 0 Å². The van der Waals surface area contributed by atoms with E-state index in [0.717, 1.165) is 6.42 Å². The van der Waals surface area contributed by atoms with Gasteiger partial charge in [0.15, 0.2) is 0 Å². The summed E-state index contributed by atoms with van der Waals surface area (Å²) in [6.07, 6.45) is 0.388. The Balaban J connectivity index is 0.00000400. The summed E-state index contributed by atoms with van der Waals surface area (Å²) in [5, 5.41) is 11.5. The molecule has 222 valence electrons. The molecule has 1 fully saturated rings. The topological polar surface area (TPSA) is 154 Å². The molecule has 3 rings (SSSR count). The highest BCUT2D eigenvalue weighted by Crippen LogP contribution is 2.32. The highest BCUT2D eigenvalue weighted by molar-refractivity contribution is 5.86. The van der Waals surface area contributed by atoms with E-state index in [0.29, 0.717) is 43.4 Å². The van der Waals surface area contributed by atoms with Crippen LogP contribution in [0, 0.1) is 0 Å². The summed E-state index contributed by atoms with van der Waals surface area (Å²) in [5.41, 5.74) is 10.1. The summed E-state index contributed by atoms with van der Waals surface area (Å²) in [7, 11) is 0. The average molecular weight is 601 g/mol. The number of nitrogens with zero attached hydrogens (tertiary/aromatic N) is 1. The predicted octanol–water partition coefficient (Wildman–Crippen LogP) is 3.26. The number of unbranched alkanes of at least 4 members (excludes halogenated alkanes) is 1. The number of carbonyl (C=O) groups excluding carboxylic acids is 3. The lowest BCUT2D eigenvalue weighted by Crippen LogP contribution is -2.46. The zero-order valence-corrected chi connectivity index (χ0v) is 24.1. The van der Waals surface area contributed by atoms with Crippen LogP contribution in [0.25, 0.3) is 0 Å². The smallest absolute Gasteiger partial charge is 0.412 e. The van der Waals surface area contributed by atoms with Gasteiger partial charge in [-0.25, -0.2) is 9.59 Å². The molecule has 0 aliphatic carbocycles. The summed E-state index contributed by atoms with van der Waals surface area (Å²) in [6, 6.07) is 16.5. The van der Waals surface area contributed by atoms with Gasteiger partial charge in [0.05, 0.1) is 0 Å². The second kappa shape index (κ2) is 17.0. The molecule has 0 bridgehead atoms. The molecule has 12 heteroatoms. The van der Waals surface area contributed by atoms with Crippen molar-refractivity contribution in [1.29, 1.82) is 0 Å². The summed E-state index contributed by atoms with van der Waals surface area (Å²) < 4.78 is 16.1. The van der Waals surface area contributed by atoms with Gasteiger partial charge in [-0.15, -0.1) is 24.8 Å². The quantitative estimate of drug-likeness (QED) is 0.200. The number of hydrogen-bond acceptors (Lipinski definition) is 9. The molecule has 5 N–H and O–H groups in total. The van der Waals surface area contributed by atoms with Crippen LogP contribution >= 0.6 is 24.8 Å². The molecule has 1 heterocycles. The Morgan fingerprint density at radius 2 is 1.48 bits per heavy atom. The van der Waals surface area contributed by atoms with E-state index >= 15 is 0 Å². The van der Waals surface area contributed by atoms with Crippen LogP contribution in [0.1, 0.15) is 50.2 Å². The molecular formula is C28H39Cl2N3O7. The van der Waals surface area contributed by atoms with Crippen molar-refractivity contribution in [2.45, 2.75) is 63.1 Å². The SMILES string of the molecule is CC(OC(=O)[C@@H](N)CCCCN)OC(=O)N1CCC(OC(=O)C(O)(c2ccccc2)c2ccccc2)CC1.Cl.Cl. The van der Waals surface area contributed by atoms with Gasteiger partial charge in [0.1, 0.15) is 12.1 Å². The number of ether oxygens (including phenoxy) is 3. The molecule has 1 saturated heterocycles. The first-order chi connectivity index (χ1) is 18.3. The zero-order chi connectivity index (χ0) is 27.5. The fourth-order valence-electron chi connectivity index (χ4n) is 4.27. The molecule has 0 aromatic heterocycles. The summed E-state index contributed by atoms with van der Waals surface area (Å²) in [5.74, 6) is -1.42. The van der Waals surface area contributed by atoms with E-state index < -0.39 is 42.1 Å². The van der Waals surface area contributed by atoms with Gasteiger partial charge in [0, 0.05) is 32.9 Å². The molecule has 2 atom stereocenters. The first kappa shape index (κ1) is 35.1. The third-order valence-corrected chi connectivity index (χ3v) is 6.47. The number of carbonyl (C=O) groups is 3. The van der Waals surface area contributed by atoms with Gasteiger partial charge in [-0.1, -0.05) is 67.1 Å². The molecule has 10 nitrogen and oxygen atoms in total. The average Bonchev–Trinajstić information content (AvgIpc) is 2.93. The third-order valence-electron chi connectivity index (χ3n) is 6.47. The summed E-state index contributed by atoms with van der Waals surface area (Å²) in [6.45, 7) is 2.51. The lowest BCUT2D eigenvalue weighted by atomic mass is 9.86. The van der Waals surface area contributed by atoms with E-state index in [1.54, 1.807) is 60.7 Å². The minimum atomic E-state index is -1.97. The second-order valence-corrected chi connectivity index (χ2v) is 9.31. The monoisotopic (exact) mass is 599 g/mol. The number of amides is 1. The Hall–Kier alpha value is -2.89. The van der Waals surface area contributed by atoms with Crippen LogP contribution in [0.2, 0.25) is 0 Å². The van der Waals surface area contributed by atoms with E-state index in [2.05, 4.69) is 0 Å². The van der Waals surface area contributed by atoms with Gasteiger partial charge in [-0.2, -0.15) is 0 Å². The van der Waals surface area contributed by atoms with Gasteiger partial charge in [-0.05, 0) is 30.5 Å². The normalized spacial score (nSPS) is 15.1. The number of hydrogen-bond donors (Lipinski definition) is 3. The van der Waals surface area contributed by atoms with E-state index in [9.17, 15) is 19.5 Å². The van der Waals surface area contributed by atoms with E-state index in [1.807, 2.05) is 0 Å². The number of halogens is 2. The molecule has 40 heavy (non-hydrogen) atoms. The maximum atomic E-state index is 13.3. The number of rotatable bonds is 11. The van der Waals surface area contributed by atoms with Crippen molar-refractivity contribution in [1.82, 2.24) is 4.90 Å². The summed E-state index contributed by atoms with van der Waals surface area (Å²) in [4.78, 5) is 39.4. The summed E-state index contributed by atoms with van der Waals surface area (Å²) >= 11 is 0. The first-order valence-corrected chi connectivity index (χ1v) is 12.9. The number of likely N-dealkylation sites (tertiary alicyclic amines) is 1. The molecule has 1 aliphatic rings. The van der Waals surface area contributed by atoms with Crippen molar-refractivity contribution in [2.24, 2.45) is 11.5 Å². The molecule has 0 radical (unpaired) electrons. The van der Waals surface area contributed by atoms with Gasteiger partial charge in [0.2, 0.25) is 11.9 Å². The Morgan fingerprint density at radius 1 is 0.950 bits per heavy atom. The standard InChI is InChI=1S/C28H37N3O7.2ClH/c1-20(36-25(32)24(30)14-8-9-17-29)37-27(34)31-18-15-23(16-19-31)38-26(33)28(35,21-10-4-2-5-11-21)22-12-6-3-7-13-22;;/h2-7,10-13,20,23-24,35H,8-9,14-19,29-30H2,1H3;2*1H/t20?,24-;;/m0../s1. The molecule has 0 saturated carbocycles. The van der Waals surface area contributed by atoms with Crippen LogP contribution < -0.4 is 11.5 Å². The van der Waals surface area contributed by atoms with Crippen molar-refractivity contribution in [3.05, 3.63) is 71.8 Å². The fourth-order valence-corrected chi connectivity index (χ4v) is 4.27. The van der Waals surface area contributed by atoms with Gasteiger partial charge < -0.3 is 35.7 Å². The highest BCUT2D eigenvalue weighted by Gasteiger charge is 2.43. The van der Waals surface area contributed by atoms with E-state index in [4.69, 9.17) is 25.7 Å². The van der Waals surface area contributed by atoms with Crippen molar-refractivity contribution in [2.75, 3.05) is 19.6 Å². The van der Waals surface area contributed by atoms with Crippen molar-refractivity contribution in [3.8, 4) is 0 Å². The minimum Gasteiger partial charge on any atom is -0.460 e. The Kier molecular flexibility index (Phi) is 15.0. The van der Waals surface area contributed by atoms with Crippen molar-refractivity contribution >= 4 is 42.8 Å². The Labute approximate surface area is 247 Å². The largest absolute Gasteiger partial charge is 0.460 e. The molecular weight excluding hydrogens is 561 g/mol. The molecule has 0 spiro atoms. The van der Waals surface area contributed by atoms with Gasteiger partial charge >= 0.3 is 18.0 Å². The maximum absolute atomic E-state index is 13.3. The van der Waals surface area contributed by atoms with Crippen LogP contribution in [0.4, 0.5) is 4.79 Å². The van der Waals surface area contributed by atoms with Crippen LogP contribution in [0.5, 0.6) is 0 Å². The lowest BCUT2D eigenvalue weighted by Gasteiger charge is -2.34. The lowest BCUT2D eigenvalue weighted by molar-refractivity contribution is -0.170. The predicted molar refractivity (Wildman–Crippen MR) is 154 cm³/mol. The van der Waals surface area contributed by atoms with Crippen LogP contribution in [0.3, 0.4) is 0 Å². The number of esters is 2. The van der Waals surface area contributed by atoms with Gasteiger partial charge in [0.25, 0.3) is 0 Å². The maximum Gasteiger partial charge on any atom is 0.412 e. The Bertz CT molecular complexity index is 1010. The van der Waals surface area contributed by atoms with Gasteiger partial charge in [-0.3, -0.25) is 4.79 Å². The fraction of sp³-hybridized carbons (Fsp3) is 0.464. The van der Waals surface area contributed by atoms with Crippen molar-refractivity contribution < 1.29 is 33.7 Å². The third kappa shape index (κ3) is 9.35. The molecule has 1 amide bonds. The number of nitrogens with two attached hydrogens (primary N) is 2. The van der Waals surface area contributed by atoms with Crippen LogP contribution in [0.15, 0.2) is 60.7 Å². The Morgan fingerprint density at radius 3 is 1.98 bits per heavy atom. The number of benzene rings is 2. The molecule has 2 aromatic rings. The number of piperidine rings is 1. The molecule has 2 aromatic carbocycles. The van der Waals surface area contributed by atoms with E-state index in [1.165, 1.54) is 11.8 Å². The van der Waals surface area contributed by atoms with E-state index in [-0.39, 0.29) is 37.9 Å². The number of aliphatic hydroxyl groups is 1. The van der Waals surface area contributed by atoms with Crippen LogP contribution in [-0.4, -0.2) is 66.1 Å². The molecule has 1 unspecified atom stereocenters. The molecule has 1 aliphatic heterocycles. The zero-order valence-electron chi connectivity index (χ0n) is 22.5.